The topological polar surface area (TPSA) is 128 Å². The fraction of sp³-hybridized carbons (Fsp3) is 0.143. The molecule has 1 heterocycles. The van der Waals surface area contributed by atoms with Crippen LogP contribution in [0, 0.1) is 6.92 Å². The van der Waals surface area contributed by atoms with Gasteiger partial charge in [-0.3, -0.25) is 19.7 Å². The molecular formula is C21H19N3O6. The van der Waals surface area contributed by atoms with Crippen LogP contribution in [0.15, 0.2) is 48.0 Å². The van der Waals surface area contributed by atoms with Crippen LogP contribution in [0.4, 0.5) is 10.5 Å². The molecule has 1 fully saturated rings. The average molecular weight is 409 g/mol. The second kappa shape index (κ2) is 8.48. The van der Waals surface area contributed by atoms with E-state index in [1.165, 1.54) is 25.3 Å². The van der Waals surface area contributed by atoms with Crippen molar-refractivity contribution < 1.29 is 28.7 Å². The monoisotopic (exact) mass is 409 g/mol. The second-order valence-electron chi connectivity index (χ2n) is 6.41. The van der Waals surface area contributed by atoms with Crippen LogP contribution in [0.2, 0.25) is 0 Å². The van der Waals surface area contributed by atoms with E-state index in [0.717, 1.165) is 4.90 Å². The van der Waals surface area contributed by atoms with Crippen LogP contribution >= 0.6 is 0 Å². The number of nitrogens with one attached hydrogen (secondary N) is 1. The lowest BCUT2D eigenvalue weighted by molar-refractivity contribution is -0.123. The molecule has 0 aliphatic carbocycles. The van der Waals surface area contributed by atoms with Gasteiger partial charge in [0.15, 0.2) is 18.1 Å². The third-order valence-electron chi connectivity index (χ3n) is 4.33. The molecule has 2 aromatic rings. The van der Waals surface area contributed by atoms with Crippen molar-refractivity contribution in [3.8, 4) is 11.5 Å². The normalized spacial score (nSPS) is 15.2. The highest BCUT2D eigenvalue weighted by molar-refractivity contribution is 6.39. The zero-order valence-corrected chi connectivity index (χ0v) is 16.3. The maximum absolute atomic E-state index is 13.0. The van der Waals surface area contributed by atoms with E-state index in [1.807, 2.05) is 0 Å². The first kappa shape index (κ1) is 20.6. The van der Waals surface area contributed by atoms with Gasteiger partial charge < -0.3 is 15.2 Å². The minimum Gasteiger partial charge on any atom is -0.493 e. The van der Waals surface area contributed by atoms with Crippen LogP contribution < -0.4 is 25.4 Å². The summed E-state index contributed by atoms with van der Waals surface area (Å²) in [5.74, 6) is -1.64. The molecule has 9 heteroatoms. The number of carbonyl (C=O) groups is 4. The minimum atomic E-state index is -0.816. The lowest BCUT2D eigenvalue weighted by atomic mass is 10.1. The summed E-state index contributed by atoms with van der Waals surface area (Å²) in [5, 5.41) is 2.18. The van der Waals surface area contributed by atoms with Gasteiger partial charge in [-0.1, -0.05) is 24.3 Å². The number of nitrogens with two attached hydrogens (primary N) is 1. The Labute approximate surface area is 172 Å². The molecule has 2 aromatic carbocycles. The molecule has 5 amide bonds. The predicted octanol–water partition coefficient (Wildman–Crippen LogP) is 1.53. The number of para-hydroxylation sites is 1. The van der Waals surface area contributed by atoms with E-state index in [-0.39, 0.29) is 23.7 Å². The lowest BCUT2D eigenvalue weighted by Gasteiger charge is -2.27. The third-order valence-corrected chi connectivity index (χ3v) is 4.33. The molecule has 0 aromatic heterocycles. The molecule has 0 bridgehead atoms. The number of hydrogen-bond donors (Lipinski definition) is 2. The number of barbiturate groups is 1. The van der Waals surface area contributed by atoms with Crippen molar-refractivity contribution in [2.75, 3.05) is 18.6 Å². The molecule has 3 N–H and O–H groups in total. The van der Waals surface area contributed by atoms with Crippen LogP contribution in [0.3, 0.4) is 0 Å². The van der Waals surface area contributed by atoms with Crippen molar-refractivity contribution in [3.63, 3.8) is 0 Å². The van der Waals surface area contributed by atoms with E-state index in [1.54, 1.807) is 37.3 Å². The first-order chi connectivity index (χ1) is 14.3. The lowest BCUT2D eigenvalue weighted by Crippen LogP contribution is -2.54. The molecule has 0 unspecified atom stereocenters. The number of primary amides is 1. The van der Waals surface area contributed by atoms with Gasteiger partial charge in [0.2, 0.25) is 0 Å². The van der Waals surface area contributed by atoms with Crippen molar-refractivity contribution in [1.82, 2.24) is 5.32 Å². The fourth-order valence-corrected chi connectivity index (χ4v) is 2.90. The Bertz CT molecular complexity index is 1080. The van der Waals surface area contributed by atoms with Crippen LogP contribution in [-0.2, 0) is 14.4 Å². The van der Waals surface area contributed by atoms with Gasteiger partial charge in [-0.25, -0.2) is 9.69 Å². The van der Waals surface area contributed by atoms with E-state index < -0.39 is 23.8 Å². The van der Waals surface area contributed by atoms with Gasteiger partial charge in [-0.15, -0.1) is 0 Å². The fourth-order valence-electron chi connectivity index (χ4n) is 2.90. The van der Waals surface area contributed by atoms with Gasteiger partial charge in [-0.05, 0) is 42.3 Å². The molecule has 1 saturated heterocycles. The van der Waals surface area contributed by atoms with Crippen molar-refractivity contribution >= 4 is 35.5 Å². The maximum Gasteiger partial charge on any atom is 0.335 e. The third kappa shape index (κ3) is 4.14. The SMILES string of the molecule is COc1cc(/C=C2\C(=O)NC(=O)N(c3ccccc3C)C2=O)ccc1OCC(N)=O. The number of anilines is 1. The Balaban J connectivity index is 1.96. The first-order valence-electron chi connectivity index (χ1n) is 8.88. The summed E-state index contributed by atoms with van der Waals surface area (Å²) in [7, 11) is 1.40. The minimum absolute atomic E-state index is 0.217. The molecule has 1 aliphatic heterocycles. The number of ether oxygens (including phenoxy) is 2. The molecule has 0 radical (unpaired) electrons. The summed E-state index contributed by atoms with van der Waals surface area (Å²) in [5.41, 5.74) is 6.39. The van der Waals surface area contributed by atoms with Crippen LogP contribution in [0.1, 0.15) is 11.1 Å². The Morgan fingerprint density at radius 2 is 1.87 bits per heavy atom. The summed E-state index contributed by atoms with van der Waals surface area (Å²) in [6, 6.07) is 10.6. The van der Waals surface area contributed by atoms with Gasteiger partial charge in [0, 0.05) is 0 Å². The average Bonchev–Trinajstić information content (AvgIpc) is 2.71. The number of rotatable bonds is 6. The molecule has 0 saturated carbocycles. The standard InChI is InChI=1S/C21H19N3O6/c1-12-5-3-4-6-15(12)24-20(27)14(19(26)23-21(24)28)9-13-7-8-16(17(10-13)29-2)30-11-18(22)25/h3-10H,11H2,1-2H3,(H2,22,25)(H,23,26,28)/b14-9+. The molecule has 1 aliphatic rings. The summed E-state index contributed by atoms with van der Waals surface area (Å²) >= 11 is 0. The number of nitrogens with zero attached hydrogens (tertiary/aromatic N) is 1. The molecular weight excluding hydrogens is 390 g/mol. The van der Waals surface area contributed by atoms with Crippen LogP contribution in [0.25, 0.3) is 6.08 Å². The van der Waals surface area contributed by atoms with E-state index >= 15 is 0 Å². The molecule has 3 rings (SSSR count). The number of benzene rings is 2. The molecule has 9 nitrogen and oxygen atoms in total. The van der Waals surface area contributed by atoms with E-state index in [0.29, 0.717) is 16.8 Å². The van der Waals surface area contributed by atoms with Crippen molar-refractivity contribution in [1.29, 1.82) is 0 Å². The predicted molar refractivity (Wildman–Crippen MR) is 108 cm³/mol. The van der Waals surface area contributed by atoms with Crippen LogP contribution in [-0.4, -0.2) is 37.5 Å². The number of carbonyl (C=O) groups excluding carboxylic acids is 4. The van der Waals surface area contributed by atoms with Crippen LogP contribution in [0.5, 0.6) is 11.5 Å². The number of aryl methyl sites for hydroxylation is 1. The molecule has 0 spiro atoms. The number of urea groups is 1. The Morgan fingerprint density at radius 1 is 1.13 bits per heavy atom. The summed E-state index contributed by atoms with van der Waals surface area (Å²) in [4.78, 5) is 49.4. The molecule has 30 heavy (non-hydrogen) atoms. The van der Waals surface area contributed by atoms with Gasteiger partial charge in [-0.2, -0.15) is 0 Å². The number of hydrogen-bond acceptors (Lipinski definition) is 6. The van der Waals surface area contributed by atoms with Gasteiger partial charge in [0.25, 0.3) is 17.7 Å². The Kier molecular flexibility index (Phi) is 5.82. The Hall–Kier alpha value is -4.14. The summed E-state index contributed by atoms with van der Waals surface area (Å²) in [6.07, 6.45) is 1.34. The van der Waals surface area contributed by atoms with E-state index in [2.05, 4.69) is 5.32 Å². The molecule has 154 valence electrons. The van der Waals surface area contributed by atoms with Crippen molar-refractivity contribution in [3.05, 3.63) is 59.2 Å². The summed E-state index contributed by atoms with van der Waals surface area (Å²) < 4.78 is 10.5. The second-order valence-corrected chi connectivity index (χ2v) is 6.41. The highest BCUT2D eigenvalue weighted by Crippen LogP contribution is 2.30. The summed E-state index contributed by atoms with van der Waals surface area (Å²) in [6.45, 7) is 1.43. The number of amides is 5. The van der Waals surface area contributed by atoms with Crippen molar-refractivity contribution in [2.24, 2.45) is 5.73 Å². The highest BCUT2D eigenvalue weighted by atomic mass is 16.5. The number of imide groups is 2. The zero-order chi connectivity index (χ0) is 21.8. The van der Waals surface area contributed by atoms with Crippen molar-refractivity contribution in [2.45, 2.75) is 6.92 Å². The highest BCUT2D eigenvalue weighted by Gasteiger charge is 2.37. The largest absolute Gasteiger partial charge is 0.493 e. The zero-order valence-electron chi connectivity index (χ0n) is 16.3. The molecule has 0 atom stereocenters. The quantitative estimate of drug-likeness (QED) is 0.550. The number of methoxy groups -OCH3 is 1. The van der Waals surface area contributed by atoms with Gasteiger partial charge >= 0.3 is 6.03 Å². The maximum atomic E-state index is 13.0. The smallest absolute Gasteiger partial charge is 0.335 e. The first-order valence-corrected chi connectivity index (χ1v) is 8.88. The van der Waals surface area contributed by atoms with Gasteiger partial charge in [0.1, 0.15) is 5.57 Å². The van der Waals surface area contributed by atoms with E-state index in [4.69, 9.17) is 15.2 Å². The van der Waals surface area contributed by atoms with Gasteiger partial charge in [0.05, 0.1) is 12.8 Å². The van der Waals surface area contributed by atoms with E-state index in [9.17, 15) is 19.2 Å². The Morgan fingerprint density at radius 3 is 2.53 bits per heavy atom.